The molecule has 1 aromatic rings. The first-order valence-corrected chi connectivity index (χ1v) is 5.13. The summed E-state index contributed by atoms with van der Waals surface area (Å²) in [5, 5.41) is 0.426. The van der Waals surface area contributed by atoms with Crippen LogP contribution in [0.3, 0.4) is 0 Å². The molecular formula is C12H13ClN2O. The molecule has 4 heteroatoms. The average molecular weight is 237 g/mol. The van der Waals surface area contributed by atoms with Gasteiger partial charge in [-0.15, -0.1) is 0 Å². The minimum atomic E-state index is 0.426. The van der Waals surface area contributed by atoms with E-state index < -0.39 is 0 Å². The van der Waals surface area contributed by atoms with Crippen LogP contribution >= 0.6 is 11.6 Å². The fourth-order valence-electron chi connectivity index (χ4n) is 0.974. The van der Waals surface area contributed by atoms with Gasteiger partial charge in [0.25, 0.3) is 0 Å². The Hall–Kier alpha value is -1.61. The molecule has 84 valence electrons. The number of ether oxygens (including phenoxy) is 1. The van der Waals surface area contributed by atoms with E-state index in [0.29, 0.717) is 17.6 Å². The molecule has 0 radical (unpaired) electrons. The number of rotatable bonds is 5. The standard InChI is InChI=1S/C12H13ClN2O/c1-10(5-4-8-14-2)9-16-12-7-3-6-11(13)15-12/h3-8H,2,9H2,1H3/b8-4-,10-5+. The van der Waals surface area contributed by atoms with Crippen LogP contribution in [0.5, 0.6) is 5.88 Å². The number of pyridine rings is 1. The van der Waals surface area contributed by atoms with Crippen LogP contribution < -0.4 is 4.74 Å². The maximum Gasteiger partial charge on any atom is 0.214 e. The second-order valence-electron chi connectivity index (χ2n) is 3.12. The Morgan fingerprint density at radius 3 is 3.12 bits per heavy atom. The van der Waals surface area contributed by atoms with Crippen molar-refractivity contribution in [3.8, 4) is 5.88 Å². The molecule has 0 amide bonds. The van der Waals surface area contributed by atoms with Gasteiger partial charge in [-0.25, -0.2) is 4.98 Å². The molecule has 0 N–H and O–H groups in total. The number of aromatic nitrogens is 1. The van der Waals surface area contributed by atoms with Crippen LogP contribution in [0.1, 0.15) is 6.92 Å². The topological polar surface area (TPSA) is 34.5 Å². The lowest BCUT2D eigenvalue weighted by Crippen LogP contribution is -1.99. The van der Waals surface area contributed by atoms with Gasteiger partial charge in [-0.3, -0.25) is 4.99 Å². The van der Waals surface area contributed by atoms with Gasteiger partial charge in [0.1, 0.15) is 11.8 Å². The van der Waals surface area contributed by atoms with E-state index >= 15 is 0 Å². The summed E-state index contributed by atoms with van der Waals surface area (Å²) in [7, 11) is 0. The number of nitrogens with zero attached hydrogens (tertiary/aromatic N) is 2. The monoisotopic (exact) mass is 236 g/mol. The van der Waals surface area contributed by atoms with Crippen molar-refractivity contribution in [3.63, 3.8) is 0 Å². The molecule has 3 nitrogen and oxygen atoms in total. The van der Waals surface area contributed by atoms with Gasteiger partial charge in [-0.2, -0.15) is 0 Å². The van der Waals surface area contributed by atoms with E-state index in [0.717, 1.165) is 5.57 Å². The Balaban J connectivity index is 2.48. The maximum atomic E-state index is 5.73. The second kappa shape index (κ2) is 6.80. The van der Waals surface area contributed by atoms with E-state index in [4.69, 9.17) is 16.3 Å². The summed E-state index contributed by atoms with van der Waals surface area (Å²) < 4.78 is 5.44. The van der Waals surface area contributed by atoms with Crippen molar-refractivity contribution in [1.29, 1.82) is 0 Å². The summed E-state index contributed by atoms with van der Waals surface area (Å²) in [4.78, 5) is 7.60. The van der Waals surface area contributed by atoms with Gasteiger partial charge < -0.3 is 4.74 Å². The zero-order chi connectivity index (χ0) is 11.8. The SMILES string of the molecule is C=N/C=C\C=C(/C)COc1cccc(Cl)n1. The van der Waals surface area contributed by atoms with E-state index in [-0.39, 0.29) is 0 Å². The van der Waals surface area contributed by atoms with E-state index in [1.807, 2.05) is 13.0 Å². The summed E-state index contributed by atoms with van der Waals surface area (Å²) in [6, 6.07) is 5.27. The van der Waals surface area contributed by atoms with Gasteiger partial charge in [0.15, 0.2) is 0 Å². The van der Waals surface area contributed by atoms with Gasteiger partial charge in [0, 0.05) is 12.3 Å². The normalized spacial score (nSPS) is 11.8. The number of allylic oxidation sites excluding steroid dienone is 2. The van der Waals surface area contributed by atoms with Crippen molar-refractivity contribution < 1.29 is 4.74 Å². The molecule has 0 aliphatic rings. The highest BCUT2D eigenvalue weighted by molar-refractivity contribution is 6.29. The number of halogens is 1. The quantitative estimate of drug-likeness (QED) is 0.447. The Morgan fingerprint density at radius 2 is 2.44 bits per heavy atom. The Morgan fingerprint density at radius 1 is 1.62 bits per heavy atom. The Labute approximate surface area is 100 Å². The second-order valence-corrected chi connectivity index (χ2v) is 3.51. The van der Waals surface area contributed by atoms with Crippen molar-refractivity contribution in [1.82, 2.24) is 4.98 Å². The zero-order valence-corrected chi connectivity index (χ0v) is 9.81. The third-order valence-electron chi connectivity index (χ3n) is 1.71. The summed E-state index contributed by atoms with van der Waals surface area (Å²) >= 11 is 5.73. The smallest absolute Gasteiger partial charge is 0.214 e. The molecule has 1 heterocycles. The summed E-state index contributed by atoms with van der Waals surface area (Å²) in [6.45, 7) is 5.76. The largest absolute Gasteiger partial charge is 0.473 e. The lowest BCUT2D eigenvalue weighted by Gasteiger charge is -2.04. The first kappa shape index (κ1) is 12.5. The maximum absolute atomic E-state index is 5.73. The van der Waals surface area contributed by atoms with E-state index in [1.54, 1.807) is 30.5 Å². The fraction of sp³-hybridized carbons (Fsp3) is 0.167. The van der Waals surface area contributed by atoms with Crippen LogP contribution in [0.2, 0.25) is 5.15 Å². The van der Waals surface area contributed by atoms with Crippen molar-refractivity contribution in [2.75, 3.05) is 6.61 Å². The van der Waals surface area contributed by atoms with Crippen LogP contribution in [0.4, 0.5) is 0 Å². The van der Waals surface area contributed by atoms with Crippen LogP contribution in [-0.4, -0.2) is 18.3 Å². The summed E-state index contributed by atoms with van der Waals surface area (Å²) in [5.74, 6) is 0.520. The summed E-state index contributed by atoms with van der Waals surface area (Å²) in [6.07, 6.45) is 5.32. The average Bonchev–Trinajstić information content (AvgIpc) is 2.27. The molecule has 0 atom stereocenters. The van der Waals surface area contributed by atoms with E-state index in [2.05, 4.69) is 16.7 Å². The van der Waals surface area contributed by atoms with Crippen LogP contribution in [-0.2, 0) is 0 Å². The molecule has 0 saturated carbocycles. The predicted octanol–water partition coefficient (Wildman–Crippen LogP) is 3.27. The molecule has 0 unspecified atom stereocenters. The first-order valence-electron chi connectivity index (χ1n) is 4.76. The molecule has 0 fully saturated rings. The number of aliphatic imine (C=N–C) groups is 1. The van der Waals surface area contributed by atoms with Crippen LogP contribution in [0, 0.1) is 0 Å². The van der Waals surface area contributed by atoms with Crippen molar-refractivity contribution >= 4 is 18.3 Å². The van der Waals surface area contributed by atoms with Crippen molar-refractivity contribution in [3.05, 3.63) is 47.3 Å². The van der Waals surface area contributed by atoms with Gasteiger partial charge in [0.2, 0.25) is 5.88 Å². The molecule has 1 aromatic heterocycles. The van der Waals surface area contributed by atoms with Gasteiger partial charge in [-0.1, -0.05) is 23.7 Å². The van der Waals surface area contributed by atoms with Crippen LogP contribution in [0.15, 0.2) is 47.1 Å². The zero-order valence-electron chi connectivity index (χ0n) is 9.06. The molecule has 0 spiro atoms. The molecule has 1 rings (SSSR count). The van der Waals surface area contributed by atoms with Crippen molar-refractivity contribution in [2.24, 2.45) is 4.99 Å². The Kier molecular flexibility index (Phi) is 5.29. The molecule has 0 saturated heterocycles. The lowest BCUT2D eigenvalue weighted by molar-refractivity contribution is 0.338. The highest BCUT2D eigenvalue weighted by atomic mass is 35.5. The highest BCUT2D eigenvalue weighted by Crippen LogP contribution is 2.12. The van der Waals surface area contributed by atoms with Gasteiger partial charge in [0.05, 0.1) is 0 Å². The minimum Gasteiger partial charge on any atom is -0.473 e. The van der Waals surface area contributed by atoms with Gasteiger partial charge in [-0.05, 0) is 31.4 Å². The molecule has 0 bridgehead atoms. The molecule has 16 heavy (non-hydrogen) atoms. The van der Waals surface area contributed by atoms with Gasteiger partial charge >= 0.3 is 0 Å². The molecule has 0 aliphatic carbocycles. The fourth-order valence-corrected chi connectivity index (χ4v) is 1.13. The minimum absolute atomic E-state index is 0.426. The molecular weight excluding hydrogens is 224 g/mol. The molecule has 0 aromatic carbocycles. The van der Waals surface area contributed by atoms with Crippen LogP contribution in [0.25, 0.3) is 0 Å². The summed E-state index contributed by atoms with van der Waals surface area (Å²) in [5.41, 5.74) is 1.06. The number of hydrogen-bond donors (Lipinski definition) is 0. The lowest BCUT2D eigenvalue weighted by atomic mass is 10.3. The highest BCUT2D eigenvalue weighted by Gasteiger charge is 1.96. The van der Waals surface area contributed by atoms with E-state index in [1.165, 1.54) is 0 Å². The first-order chi connectivity index (χ1) is 7.72. The van der Waals surface area contributed by atoms with Crippen molar-refractivity contribution in [2.45, 2.75) is 6.92 Å². The third kappa shape index (κ3) is 4.75. The van der Waals surface area contributed by atoms with E-state index in [9.17, 15) is 0 Å². The Bertz CT molecular complexity index is 413. The predicted molar refractivity (Wildman–Crippen MR) is 67.2 cm³/mol. The third-order valence-corrected chi connectivity index (χ3v) is 1.92. The number of hydrogen-bond acceptors (Lipinski definition) is 3. The molecule has 0 aliphatic heterocycles.